The van der Waals surface area contributed by atoms with Crippen LogP contribution < -0.4 is 0 Å². The third-order valence-corrected chi connectivity index (χ3v) is 2.21. The van der Waals surface area contributed by atoms with E-state index < -0.39 is 11.9 Å². The Morgan fingerprint density at radius 2 is 0.950 bits per heavy atom. The summed E-state index contributed by atoms with van der Waals surface area (Å²) in [4.78, 5) is 39.9. The molecule has 0 N–H and O–H groups in total. The first kappa shape index (κ1) is 15.1. The summed E-state index contributed by atoms with van der Waals surface area (Å²) in [6.07, 6.45) is 0. The van der Waals surface area contributed by atoms with E-state index >= 15 is 0 Å². The SMILES string of the molecule is C=O.O=C(OOC(=O)c1ccccc1)c1ccccc1. The number of carbonyl (C=O) groups is 3. The molecule has 0 bridgehead atoms. The van der Waals surface area contributed by atoms with Crippen LogP contribution in [0.1, 0.15) is 20.7 Å². The molecule has 0 fully saturated rings. The van der Waals surface area contributed by atoms with Gasteiger partial charge in [0.15, 0.2) is 0 Å². The smallest absolute Gasteiger partial charge is 0.307 e. The Labute approximate surface area is 115 Å². The molecule has 0 amide bonds. The van der Waals surface area contributed by atoms with Crippen molar-refractivity contribution in [3.63, 3.8) is 0 Å². The highest BCUT2D eigenvalue weighted by Crippen LogP contribution is 2.05. The summed E-state index contributed by atoms with van der Waals surface area (Å²) < 4.78 is 0. The fourth-order valence-corrected chi connectivity index (χ4v) is 1.32. The van der Waals surface area contributed by atoms with E-state index in [1.807, 2.05) is 6.79 Å². The lowest BCUT2D eigenvalue weighted by atomic mass is 10.2. The van der Waals surface area contributed by atoms with Crippen molar-refractivity contribution < 1.29 is 24.2 Å². The van der Waals surface area contributed by atoms with Gasteiger partial charge in [-0.3, -0.25) is 0 Å². The highest BCUT2D eigenvalue weighted by atomic mass is 17.2. The van der Waals surface area contributed by atoms with Crippen molar-refractivity contribution in [1.29, 1.82) is 0 Å². The second-order valence-electron chi connectivity index (χ2n) is 3.47. The van der Waals surface area contributed by atoms with Crippen molar-refractivity contribution in [3.05, 3.63) is 71.8 Å². The van der Waals surface area contributed by atoms with Crippen LogP contribution in [0.25, 0.3) is 0 Å². The minimum atomic E-state index is -0.708. The fraction of sp³-hybridized carbons (Fsp3) is 0. The Bertz CT molecular complexity index is 499. The van der Waals surface area contributed by atoms with Gasteiger partial charge in [-0.2, -0.15) is 0 Å². The molecule has 5 heteroatoms. The van der Waals surface area contributed by atoms with Crippen LogP contribution in [0.5, 0.6) is 0 Å². The number of hydrogen-bond donors (Lipinski definition) is 0. The monoisotopic (exact) mass is 272 g/mol. The standard InChI is InChI=1S/C14H10O4.CH2O/c15-13(11-7-3-1-4-8-11)17-18-14(16)12-9-5-2-6-10-12;1-2/h1-10H;1H2. The van der Waals surface area contributed by atoms with Crippen LogP contribution in [0.3, 0.4) is 0 Å². The number of carbonyl (C=O) groups excluding carboxylic acids is 3. The highest BCUT2D eigenvalue weighted by Gasteiger charge is 2.12. The average molecular weight is 272 g/mol. The molecule has 0 heterocycles. The topological polar surface area (TPSA) is 69.7 Å². The second kappa shape index (κ2) is 8.20. The largest absolute Gasteiger partial charge is 0.386 e. The summed E-state index contributed by atoms with van der Waals surface area (Å²) in [6, 6.07) is 16.6. The molecule has 0 aromatic heterocycles. The molecule has 0 aliphatic heterocycles. The number of hydrogen-bond acceptors (Lipinski definition) is 5. The molecule has 2 aromatic rings. The van der Waals surface area contributed by atoms with E-state index in [0.29, 0.717) is 11.1 Å². The van der Waals surface area contributed by atoms with Gasteiger partial charge in [0.1, 0.15) is 6.79 Å². The van der Waals surface area contributed by atoms with Gasteiger partial charge in [0.25, 0.3) is 0 Å². The van der Waals surface area contributed by atoms with Crippen LogP contribution in [0.4, 0.5) is 0 Å². The summed E-state index contributed by atoms with van der Waals surface area (Å²) in [7, 11) is 0. The first-order chi connectivity index (χ1) is 9.77. The number of benzene rings is 2. The van der Waals surface area contributed by atoms with E-state index in [-0.39, 0.29) is 0 Å². The predicted molar refractivity (Wildman–Crippen MR) is 70.8 cm³/mol. The maximum absolute atomic E-state index is 11.5. The van der Waals surface area contributed by atoms with Crippen molar-refractivity contribution in [2.75, 3.05) is 0 Å². The Balaban J connectivity index is 0.000000956. The van der Waals surface area contributed by atoms with Crippen LogP contribution in [0.15, 0.2) is 60.7 Å². The molecule has 0 saturated heterocycles. The van der Waals surface area contributed by atoms with Gasteiger partial charge in [-0.1, -0.05) is 36.4 Å². The van der Waals surface area contributed by atoms with Gasteiger partial charge in [-0.05, 0) is 24.3 Å². The molecular formula is C15H12O5. The zero-order valence-corrected chi connectivity index (χ0v) is 10.5. The van der Waals surface area contributed by atoms with E-state index in [9.17, 15) is 9.59 Å². The van der Waals surface area contributed by atoms with Crippen LogP contribution in [0.2, 0.25) is 0 Å². The van der Waals surface area contributed by atoms with Gasteiger partial charge in [0.2, 0.25) is 0 Å². The van der Waals surface area contributed by atoms with Gasteiger partial charge in [0.05, 0.1) is 11.1 Å². The Morgan fingerprint density at radius 1 is 0.650 bits per heavy atom. The van der Waals surface area contributed by atoms with Gasteiger partial charge >= 0.3 is 11.9 Å². The molecule has 0 unspecified atom stereocenters. The molecule has 2 rings (SSSR count). The zero-order chi connectivity index (χ0) is 14.8. The summed E-state index contributed by atoms with van der Waals surface area (Å²) in [5.74, 6) is -1.42. The molecule has 0 radical (unpaired) electrons. The quantitative estimate of drug-likeness (QED) is 0.620. The Morgan fingerprint density at radius 3 is 1.25 bits per heavy atom. The average Bonchev–Trinajstić information content (AvgIpc) is 2.55. The van der Waals surface area contributed by atoms with Gasteiger partial charge in [-0.15, -0.1) is 0 Å². The van der Waals surface area contributed by atoms with E-state index in [4.69, 9.17) is 4.79 Å². The van der Waals surface area contributed by atoms with Gasteiger partial charge in [0, 0.05) is 0 Å². The number of rotatable bonds is 2. The maximum atomic E-state index is 11.5. The van der Waals surface area contributed by atoms with Crippen molar-refractivity contribution >= 4 is 18.7 Å². The minimum Gasteiger partial charge on any atom is -0.307 e. The summed E-state index contributed by atoms with van der Waals surface area (Å²) in [5, 5.41) is 0. The van der Waals surface area contributed by atoms with E-state index in [1.165, 1.54) is 0 Å². The Kier molecular flexibility index (Phi) is 6.20. The minimum absolute atomic E-state index is 0.318. The lowest BCUT2D eigenvalue weighted by Crippen LogP contribution is -2.11. The molecule has 0 atom stereocenters. The molecule has 0 aliphatic rings. The van der Waals surface area contributed by atoms with Crippen LogP contribution in [0, 0.1) is 0 Å². The van der Waals surface area contributed by atoms with Gasteiger partial charge < -0.3 is 4.79 Å². The normalized spacial score (nSPS) is 8.80. The van der Waals surface area contributed by atoms with Crippen molar-refractivity contribution in [1.82, 2.24) is 0 Å². The molecule has 0 saturated carbocycles. The van der Waals surface area contributed by atoms with Crippen LogP contribution in [-0.2, 0) is 14.6 Å². The maximum Gasteiger partial charge on any atom is 0.386 e. The molecule has 5 nitrogen and oxygen atoms in total. The molecule has 20 heavy (non-hydrogen) atoms. The van der Waals surface area contributed by atoms with E-state index in [2.05, 4.69) is 9.78 Å². The first-order valence-corrected chi connectivity index (χ1v) is 5.59. The van der Waals surface area contributed by atoms with Gasteiger partial charge in [-0.25, -0.2) is 19.4 Å². The third-order valence-electron chi connectivity index (χ3n) is 2.21. The molecule has 102 valence electrons. The second-order valence-corrected chi connectivity index (χ2v) is 3.47. The molecule has 2 aromatic carbocycles. The van der Waals surface area contributed by atoms with Crippen molar-refractivity contribution in [2.24, 2.45) is 0 Å². The van der Waals surface area contributed by atoms with Crippen LogP contribution >= 0.6 is 0 Å². The highest BCUT2D eigenvalue weighted by molar-refractivity contribution is 5.92. The van der Waals surface area contributed by atoms with Crippen molar-refractivity contribution in [3.8, 4) is 0 Å². The third kappa shape index (κ3) is 4.38. The molecular weight excluding hydrogens is 260 g/mol. The molecule has 0 spiro atoms. The molecule has 0 aliphatic carbocycles. The fourth-order valence-electron chi connectivity index (χ4n) is 1.32. The first-order valence-electron chi connectivity index (χ1n) is 5.59. The summed E-state index contributed by atoms with van der Waals surface area (Å²) >= 11 is 0. The van der Waals surface area contributed by atoms with E-state index in [1.54, 1.807) is 60.7 Å². The lowest BCUT2D eigenvalue weighted by molar-refractivity contribution is -0.187. The summed E-state index contributed by atoms with van der Waals surface area (Å²) in [5.41, 5.74) is 0.636. The lowest BCUT2D eigenvalue weighted by Gasteiger charge is -2.02. The Hall–Kier alpha value is -2.95. The zero-order valence-electron chi connectivity index (χ0n) is 10.5. The van der Waals surface area contributed by atoms with Crippen molar-refractivity contribution in [2.45, 2.75) is 0 Å². The van der Waals surface area contributed by atoms with Crippen LogP contribution in [-0.4, -0.2) is 18.7 Å². The summed E-state index contributed by atoms with van der Waals surface area (Å²) in [6.45, 7) is 2.00. The predicted octanol–water partition coefficient (Wildman–Crippen LogP) is 2.43. The van der Waals surface area contributed by atoms with E-state index in [0.717, 1.165) is 0 Å².